The van der Waals surface area contributed by atoms with Crippen LogP contribution in [0.1, 0.15) is 35.7 Å². The number of nitrogens with zero attached hydrogens (tertiary/aromatic N) is 3. The number of aromatic nitrogens is 2. The van der Waals surface area contributed by atoms with Crippen LogP contribution in [0, 0.1) is 13.8 Å². The molecule has 122 valence electrons. The fourth-order valence-electron chi connectivity index (χ4n) is 3.20. The van der Waals surface area contributed by atoms with E-state index < -0.39 is 0 Å². The lowest BCUT2D eigenvalue weighted by Crippen LogP contribution is -2.27. The molecule has 1 atom stereocenters. The summed E-state index contributed by atoms with van der Waals surface area (Å²) in [5.74, 6) is -0.137. The van der Waals surface area contributed by atoms with Crippen molar-refractivity contribution in [2.75, 3.05) is 13.6 Å². The van der Waals surface area contributed by atoms with Gasteiger partial charge >= 0.3 is 0 Å². The minimum absolute atomic E-state index is 0.137. The maximum Gasteiger partial charge on any atom is 0.128 e. The van der Waals surface area contributed by atoms with E-state index >= 15 is 0 Å². The van der Waals surface area contributed by atoms with E-state index in [4.69, 9.17) is 11.6 Å². The van der Waals surface area contributed by atoms with E-state index in [-0.39, 0.29) is 5.92 Å². The first-order valence-electron chi connectivity index (χ1n) is 7.99. The smallest absolute Gasteiger partial charge is 0.128 e. The summed E-state index contributed by atoms with van der Waals surface area (Å²) in [7, 11) is 2.10. The fourth-order valence-corrected chi connectivity index (χ4v) is 3.33. The van der Waals surface area contributed by atoms with Crippen molar-refractivity contribution in [3.05, 3.63) is 46.2 Å². The topological polar surface area (TPSA) is 38.1 Å². The number of aryl methyl sites for hydroxylation is 1. The highest BCUT2D eigenvalue weighted by molar-refractivity contribution is 6.30. The van der Waals surface area contributed by atoms with Gasteiger partial charge < -0.3 is 9.69 Å². The molecule has 3 rings (SSSR count). The Kier molecular flexibility index (Phi) is 4.55. The van der Waals surface area contributed by atoms with Gasteiger partial charge in [0.2, 0.25) is 0 Å². The lowest BCUT2D eigenvalue weighted by Gasteiger charge is -2.20. The van der Waals surface area contributed by atoms with Gasteiger partial charge in [0.25, 0.3) is 0 Å². The molecule has 1 heterocycles. The molecule has 5 heteroatoms. The molecule has 0 saturated heterocycles. The van der Waals surface area contributed by atoms with Crippen LogP contribution in [0.4, 0.5) is 0 Å². The van der Waals surface area contributed by atoms with Crippen molar-refractivity contribution in [2.24, 2.45) is 0 Å². The second-order valence-corrected chi connectivity index (χ2v) is 6.82. The summed E-state index contributed by atoms with van der Waals surface area (Å²) in [5.41, 5.74) is 3.94. The van der Waals surface area contributed by atoms with Gasteiger partial charge in [0.15, 0.2) is 0 Å². The van der Waals surface area contributed by atoms with E-state index in [1.807, 2.05) is 42.8 Å². The molecule has 1 aromatic heterocycles. The van der Waals surface area contributed by atoms with Crippen LogP contribution in [0.25, 0.3) is 5.69 Å². The monoisotopic (exact) mass is 331 g/mol. The number of rotatable bonds is 6. The summed E-state index contributed by atoms with van der Waals surface area (Å²) in [6.07, 6.45) is 3.54. The predicted octanol–water partition coefficient (Wildman–Crippen LogP) is 3.52. The second kappa shape index (κ2) is 6.46. The van der Waals surface area contributed by atoms with Gasteiger partial charge in [-0.3, -0.25) is 0 Å². The lowest BCUT2D eigenvalue weighted by atomic mass is 9.98. The normalized spacial score (nSPS) is 15.9. The van der Waals surface area contributed by atoms with Crippen molar-refractivity contribution in [1.29, 1.82) is 0 Å². The Morgan fingerprint density at radius 3 is 2.57 bits per heavy atom. The molecule has 2 aromatic rings. The quantitative estimate of drug-likeness (QED) is 0.760. The molecule has 1 aliphatic carbocycles. The summed E-state index contributed by atoms with van der Waals surface area (Å²) in [6, 6.07) is 8.23. The molecule has 0 radical (unpaired) electrons. The fraction of sp³-hybridized carbons (Fsp3) is 0.444. The molecule has 1 aromatic carbocycles. The van der Waals surface area contributed by atoms with Crippen LogP contribution >= 0.6 is 11.6 Å². The third-order valence-corrected chi connectivity index (χ3v) is 4.86. The Morgan fingerprint density at radius 1 is 1.35 bits per heavy atom. The van der Waals surface area contributed by atoms with Crippen LogP contribution in [0.2, 0.25) is 5.02 Å². The molecule has 23 heavy (non-hydrogen) atoms. The van der Waals surface area contributed by atoms with Crippen molar-refractivity contribution in [1.82, 2.24) is 14.7 Å². The Balaban J connectivity index is 1.92. The number of likely N-dealkylation sites (N-methyl/N-ethyl adjacent to an activating group) is 1. The molecule has 0 bridgehead atoms. The Hall–Kier alpha value is -1.65. The number of hydrogen-bond donors (Lipinski definition) is 0. The second-order valence-electron chi connectivity index (χ2n) is 6.39. The lowest BCUT2D eigenvalue weighted by molar-refractivity contribution is -0.109. The summed E-state index contributed by atoms with van der Waals surface area (Å²) >= 11 is 5.96. The summed E-state index contributed by atoms with van der Waals surface area (Å²) in [4.78, 5) is 14.0. The molecule has 1 fully saturated rings. The standard InChI is InChI=1S/C18H22ClN3O/c1-12-18(14(11-23)10-21(3)16-8-9-16)13(2)22(20-12)17-6-4-15(19)5-7-17/h4-7,11,14,16H,8-10H2,1-3H3. The molecular formula is C18H22ClN3O. The van der Waals surface area contributed by atoms with Gasteiger partial charge in [-0.05, 0) is 58.0 Å². The van der Waals surface area contributed by atoms with Crippen molar-refractivity contribution >= 4 is 17.9 Å². The van der Waals surface area contributed by atoms with Crippen molar-refractivity contribution in [3.8, 4) is 5.69 Å². The highest BCUT2D eigenvalue weighted by Gasteiger charge is 2.30. The van der Waals surface area contributed by atoms with E-state index in [1.54, 1.807) is 0 Å². The van der Waals surface area contributed by atoms with Gasteiger partial charge in [0, 0.05) is 28.9 Å². The minimum Gasteiger partial charge on any atom is -0.303 e. The maximum atomic E-state index is 11.7. The minimum atomic E-state index is -0.137. The van der Waals surface area contributed by atoms with Crippen LogP contribution in [0.5, 0.6) is 0 Å². The zero-order valence-corrected chi connectivity index (χ0v) is 14.5. The third-order valence-electron chi connectivity index (χ3n) is 4.61. The number of aldehydes is 1. The van der Waals surface area contributed by atoms with Crippen molar-refractivity contribution in [2.45, 2.75) is 38.6 Å². The number of halogens is 1. The van der Waals surface area contributed by atoms with Crippen LogP contribution in [0.3, 0.4) is 0 Å². The van der Waals surface area contributed by atoms with Gasteiger partial charge in [-0.15, -0.1) is 0 Å². The summed E-state index contributed by atoms with van der Waals surface area (Å²) < 4.78 is 1.90. The molecular weight excluding hydrogens is 310 g/mol. The van der Waals surface area contributed by atoms with E-state index in [2.05, 4.69) is 17.0 Å². The SMILES string of the molecule is Cc1nn(-c2ccc(Cl)cc2)c(C)c1C(C=O)CN(C)C1CC1. The highest BCUT2D eigenvalue weighted by Crippen LogP contribution is 2.30. The van der Waals surface area contributed by atoms with Crippen LogP contribution in [0.15, 0.2) is 24.3 Å². The van der Waals surface area contributed by atoms with Crippen molar-refractivity contribution < 1.29 is 4.79 Å². The van der Waals surface area contributed by atoms with Crippen LogP contribution in [-0.2, 0) is 4.79 Å². The van der Waals surface area contributed by atoms with E-state index in [9.17, 15) is 4.79 Å². The highest BCUT2D eigenvalue weighted by atomic mass is 35.5. The zero-order chi connectivity index (χ0) is 16.6. The summed E-state index contributed by atoms with van der Waals surface area (Å²) in [5, 5.41) is 5.34. The van der Waals surface area contributed by atoms with Gasteiger partial charge in [0.05, 0.1) is 17.3 Å². The number of benzene rings is 1. The average molecular weight is 332 g/mol. The van der Waals surface area contributed by atoms with Crippen LogP contribution < -0.4 is 0 Å². The molecule has 1 saturated carbocycles. The molecule has 0 spiro atoms. The first-order valence-corrected chi connectivity index (χ1v) is 8.36. The third kappa shape index (κ3) is 3.33. The van der Waals surface area contributed by atoms with Crippen LogP contribution in [-0.4, -0.2) is 40.6 Å². The Morgan fingerprint density at radius 2 is 2.00 bits per heavy atom. The van der Waals surface area contributed by atoms with Gasteiger partial charge in [-0.1, -0.05) is 11.6 Å². The summed E-state index contributed by atoms with van der Waals surface area (Å²) in [6.45, 7) is 4.75. The number of hydrogen-bond acceptors (Lipinski definition) is 3. The van der Waals surface area contributed by atoms with Crippen molar-refractivity contribution in [3.63, 3.8) is 0 Å². The Labute approximate surface area is 142 Å². The maximum absolute atomic E-state index is 11.7. The van der Waals surface area contributed by atoms with Gasteiger partial charge in [-0.25, -0.2) is 4.68 Å². The zero-order valence-electron chi connectivity index (χ0n) is 13.8. The Bertz CT molecular complexity index is 704. The average Bonchev–Trinajstić information content (AvgIpc) is 3.33. The van der Waals surface area contributed by atoms with Gasteiger partial charge in [-0.2, -0.15) is 5.10 Å². The first-order chi connectivity index (χ1) is 11.0. The van der Waals surface area contributed by atoms with Gasteiger partial charge in [0.1, 0.15) is 6.29 Å². The van der Waals surface area contributed by atoms with E-state index in [0.717, 1.165) is 35.5 Å². The largest absolute Gasteiger partial charge is 0.303 e. The molecule has 0 N–H and O–H groups in total. The molecule has 1 aliphatic rings. The first kappa shape index (κ1) is 16.2. The molecule has 0 aliphatic heterocycles. The van der Waals surface area contributed by atoms with E-state index in [1.165, 1.54) is 12.8 Å². The number of carbonyl (C=O) groups excluding carboxylic acids is 1. The predicted molar refractivity (Wildman–Crippen MR) is 92.5 cm³/mol. The van der Waals surface area contributed by atoms with E-state index in [0.29, 0.717) is 11.1 Å². The molecule has 4 nitrogen and oxygen atoms in total. The number of carbonyl (C=O) groups is 1. The molecule has 1 unspecified atom stereocenters. The molecule has 0 amide bonds.